The van der Waals surface area contributed by atoms with Crippen molar-refractivity contribution in [3.8, 4) is 0 Å². The van der Waals surface area contributed by atoms with Crippen molar-refractivity contribution in [1.29, 1.82) is 0 Å². The second-order valence-corrected chi connectivity index (χ2v) is 4.76. The zero-order valence-electron chi connectivity index (χ0n) is 11.0. The third-order valence-electron chi connectivity index (χ3n) is 2.78. The molecule has 0 fully saturated rings. The summed E-state index contributed by atoms with van der Waals surface area (Å²) in [4.78, 5) is 22.2. The number of anilines is 1. The monoisotopic (exact) mass is 309 g/mol. The molecule has 0 radical (unpaired) electrons. The van der Waals surface area contributed by atoms with Crippen molar-refractivity contribution < 1.29 is 9.72 Å². The number of aromatic nitrogens is 2. The smallest absolute Gasteiger partial charge is 0.271 e. The number of rotatable bonds is 4. The number of nitrogens with zero attached hydrogens (tertiary/aromatic N) is 3. The Labute approximate surface area is 124 Å². The van der Waals surface area contributed by atoms with E-state index in [2.05, 4.69) is 10.4 Å². The van der Waals surface area contributed by atoms with Crippen LogP contribution in [0.1, 0.15) is 15.9 Å². The molecule has 1 aromatic heterocycles. The van der Waals surface area contributed by atoms with E-state index in [0.717, 1.165) is 17.7 Å². The minimum absolute atomic E-state index is 0.00551. The van der Waals surface area contributed by atoms with Gasteiger partial charge in [-0.25, -0.2) is 0 Å². The number of nitrogens with one attached hydrogen (secondary N) is 1. The topological polar surface area (TPSA) is 116 Å². The van der Waals surface area contributed by atoms with Crippen LogP contribution in [0.4, 0.5) is 11.4 Å². The van der Waals surface area contributed by atoms with Crippen molar-refractivity contribution in [3.63, 3.8) is 0 Å². The van der Waals surface area contributed by atoms with E-state index in [9.17, 15) is 14.9 Å². The van der Waals surface area contributed by atoms with Gasteiger partial charge in [-0.1, -0.05) is 11.6 Å². The zero-order valence-corrected chi connectivity index (χ0v) is 11.8. The van der Waals surface area contributed by atoms with Crippen LogP contribution < -0.4 is 11.1 Å². The van der Waals surface area contributed by atoms with Crippen LogP contribution in [0.25, 0.3) is 0 Å². The molecule has 0 atom stereocenters. The predicted octanol–water partition coefficient (Wildman–Crippen LogP) is 1.49. The number of benzene rings is 1. The molecular weight excluding hydrogens is 298 g/mol. The second kappa shape index (κ2) is 5.80. The molecule has 110 valence electrons. The number of aryl methyl sites for hydroxylation is 1. The Hall–Kier alpha value is -2.61. The molecule has 1 heterocycles. The summed E-state index contributed by atoms with van der Waals surface area (Å²) in [5, 5.41) is 17.3. The van der Waals surface area contributed by atoms with Crippen molar-refractivity contribution in [3.05, 3.63) is 50.8 Å². The first kappa shape index (κ1) is 14.8. The molecule has 0 saturated carbocycles. The van der Waals surface area contributed by atoms with Gasteiger partial charge in [0.15, 0.2) is 0 Å². The van der Waals surface area contributed by atoms with Crippen molar-refractivity contribution in [2.24, 2.45) is 7.05 Å². The van der Waals surface area contributed by atoms with Gasteiger partial charge >= 0.3 is 0 Å². The van der Waals surface area contributed by atoms with E-state index in [0.29, 0.717) is 0 Å². The minimum Gasteiger partial charge on any atom is -0.397 e. The van der Waals surface area contributed by atoms with E-state index in [1.807, 2.05) is 0 Å². The molecular formula is C12H12ClN5O3. The van der Waals surface area contributed by atoms with Gasteiger partial charge < -0.3 is 11.1 Å². The van der Waals surface area contributed by atoms with Gasteiger partial charge in [-0.15, -0.1) is 0 Å². The van der Waals surface area contributed by atoms with E-state index in [1.165, 1.54) is 0 Å². The Bertz CT molecular complexity index is 713. The summed E-state index contributed by atoms with van der Waals surface area (Å²) in [7, 11) is 1.75. The molecule has 3 N–H and O–H groups in total. The van der Waals surface area contributed by atoms with Crippen LogP contribution in [0.2, 0.25) is 5.02 Å². The molecule has 0 spiro atoms. The first-order valence-corrected chi connectivity index (χ1v) is 6.25. The van der Waals surface area contributed by atoms with Crippen LogP contribution in [0.5, 0.6) is 0 Å². The predicted molar refractivity (Wildman–Crippen MR) is 76.9 cm³/mol. The molecule has 0 saturated heterocycles. The zero-order chi connectivity index (χ0) is 15.6. The summed E-state index contributed by atoms with van der Waals surface area (Å²) < 4.78 is 1.60. The van der Waals surface area contributed by atoms with Crippen LogP contribution in [-0.4, -0.2) is 20.6 Å². The average molecular weight is 310 g/mol. The van der Waals surface area contributed by atoms with Gasteiger partial charge in [0.25, 0.3) is 11.6 Å². The Morgan fingerprint density at radius 3 is 2.86 bits per heavy atom. The molecule has 1 amide bonds. The molecule has 2 aromatic rings. The maximum atomic E-state index is 12.1. The molecule has 2 rings (SSSR count). The van der Waals surface area contributed by atoms with Gasteiger partial charge in [0.2, 0.25) is 0 Å². The van der Waals surface area contributed by atoms with Crippen LogP contribution in [0.15, 0.2) is 24.5 Å². The van der Waals surface area contributed by atoms with Crippen LogP contribution in [-0.2, 0) is 13.6 Å². The van der Waals surface area contributed by atoms with E-state index in [-0.39, 0.29) is 28.5 Å². The summed E-state index contributed by atoms with van der Waals surface area (Å²) in [6.07, 6.45) is 3.34. The summed E-state index contributed by atoms with van der Waals surface area (Å²) in [5.41, 5.74) is 6.17. The van der Waals surface area contributed by atoms with Crippen LogP contribution in [0, 0.1) is 10.1 Å². The minimum atomic E-state index is -0.636. The summed E-state index contributed by atoms with van der Waals surface area (Å²) in [5.74, 6) is -0.540. The summed E-state index contributed by atoms with van der Waals surface area (Å²) >= 11 is 5.80. The number of nitrogen functional groups attached to an aromatic ring is 1. The molecule has 21 heavy (non-hydrogen) atoms. The number of nitro groups is 1. The highest BCUT2D eigenvalue weighted by molar-refractivity contribution is 6.34. The van der Waals surface area contributed by atoms with E-state index in [4.69, 9.17) is 17.3 Å². The number of nitro benzene ring substituents is 1. The third-order valence-corrected chi connectivity index (χ3v) is 3.09. The van der Waals surface area contributed by atoms with Gasteiger partial charge in [0.05, 0.1) is 27.4 Å². The quantitative estimate of drug-likeness (QED) is 0.504. The standard InChI is InChI=1S/C12H12ClN5O3/c1-17-6-7(5-16-17)4-15-12(19)9-2-8(18(20)21)3-10(13)11(9)14/h2-3,5-6H,4,14H2,1H3,(H,15,19). The molecule has 1 aromatic carbocycles. The first-order valence-electron chi connectivity index (χ1n) is 5.87. The van der Waals surface area contributed by atoms with E-state index < -0.39 is 10.8 Å². The molecule has 9 heteroatoms. The Morgan fingerprint density at radius 1 is 1.57 bits per heavy atom. The number of non-ortho nitro benzene ring substituents is 1. The summed E-state index contributed by atoms with van der Waals surface area (Å²) in [6.45, 7) is 0.229. The molecule has 0 aliphatic heterocycles. The van der Waals surface area contributed by atoms with Gasteiger partial charge in [0, 0.05) is 37.5 Å². The molecule has 8 nitrogen and oxygen atoms in total. The molecule has 0 bridgehead atoms. The Balaban J connectivity index is 2.20. The van der Waals surface area contributed by atoms with Gasteiger partial charge in [-0.05, 0) is 0 Å². The normalized spacial score (nSPS) is 10.4. The van der Waals surface area contributed by atoms with Crippen LogP contribution in [0.3, 0.4) is 0 Å². The fourth-order valence-corrected chi connectivity index (χ4v) is 1.95. The van der Waals surface area contributed by atoms with Gasteiger partial charge in [-0.3, -0.25) is 19.6 Å². The van der Waals surface area contributed by atoms with Crippen molar-refractivity contribution in [2.75, 3.05) is 5.73 Å². The number of halogens is 1. The van der Waals surface area contributed by atoms with E-state index >= 15 is 0 Å². The second-order valence-electron chi connectivity index (χ2n) is 4.35. The SMILES string of the molecule is Cn1cc(CNC(=O)c2cc([N+](=O)[O-])cc(Cl)c2N)cn1. The first-order chi connectivity index (χ1) is 9.88. The van der Waals surface area contributed by atoms with Crippen molar-refractivity contribution >= 4 is 28.9 Å². The number of carbonyl (C=O) groups is 1. The maximum Gasteiger partial charge on any atom is 0.271 e. The maximum absolute atomic E-state index is 12.1. The highest BCUT2D eigenvalue weighted by Gasteiger charge is 2.18. The fourth-order valence-electron chi connectivity index (χ4n) is 1.74. The molecule has 0 unspecified atom stereocenters. The highest BCUT2D eigenvalue weighted by atomic mass is 35.5. The lowest BCUT2D eigenvalue weighted by Gasteiger charge is -2.08. The Morgan fingerprint density at radius 2 is 2.29 bits per heavy atom. The third kappa shape index (κ3) is 3.29. The lowest BCUT2D eigenvalue weighted by Crippen LogP contribution is -2.24. The molecule has 0 aliphatic rings. The number of hydrogen-bond donors (Lipinski definition) is 2. The highest BCUT2D eigenvalue weighted by Crippen LogP contribution is 2.28. The van der Waals surface area contributed by atoms with Crippen molar-refractivity contribution in [2.45, 2.75) is 6.54 Å². The van der Waals surface area contributed by atoms with Gasteiger partial charge in [-0.2, -0.15) is 5.10 Å². The average Bonchev–Trinajstić information content (AvgIpc) is 2.84. The number of carbonyl (C=O) groups excluding carboxylic acids is 1. The lowest BCUT2D eigenvalue weighted by molar-refractivity contribution is -0.384. The largest absolute Gasteiger partial charge is 0.397 e. The summed E-state index contributed by atoms with van der Waals surface area (Å²) in [6, 6.07) is 2.20. The van der Waals surface area contributed by atoms with Crippen molar-refractivity contribution in [1.82, 2.24) is 15.1 Å². The molecule has 0 aliphatic carbocycles. The number of nitrogens with two attached hydrogens (primary N) is 1. The Kier molecular flexibility index (Phi) is 4.08. The fraction of sp³-hybridized carbons (Fsp3) is 0.167. The number of amides is 1. The van der Waals surface area contributed by atoms with Gasteiger partial charge in [0.1, 0.15) is 0 Å². The van der Waals surface area contributed by atoms with Crippen LogP contribution >= 0.6 is 11.6 Å². The number of hydrogen-bond acceptors (Lipinski definition) is 5. The van der Waals surface area contributed by atoms with E-state index in [1.54, 1.807) is 24.1 Å². The lowest BCUT2D eigenvalue weighted by atomic mass is 10.1.